The number of benzene rings is 1. The average Bonchev–Trinajstić information content (AvgIpc) is 3.33. The van der Waals surface area contributed by atoms with E-state index >= 15 is 0 Å². The van der Waals surface area contributed by atoms with E-state index < -0.39 is 0 Å². The van der Waals surface area contributed by atoms with E-state index in [0.717, 1.165) is 15.6 Å². The molecule has 0 aliphatic rings. The number of carbonyl (C=O) groups is 1. The van der Waals surface area contributed by atoms with Crippen molar-refractivity contribution in [3.05, 3.63) is 65.6 Å². The largest absolute Gasteiger partial charge is 0.339 e. The number of thiophene rings is 1. The van der Waals surface area contributed by atoms with Crippen LogP contribution in [0.3, 0.4) is 0 Å². The highest BCUT2D eigenvalue weighted by molar-refractivity contribution is 7.20. The molecular formula is C20H18N4O2S. The van der Waals surface area contributed by atoms with E-state index in [-0.39, 0.29) is 17.9 Å². The minimum Gasteiger partial charge on any atom is -0.339 e. The molecule has 0 aliphatic carbocycles. The first kappa shape index (κ1) is 17.4. The van der Waals surface area contributed by atoms with Crippen LogP contribution in [0.1, 0.15) is 35.5 Å². The molecule has 7 heteroatoms. The quantitative estimate of drug-likeness (QED) is 0.554. The monoisotopic (exact) mass is 378 g/mol. The van der Waals surface area contributed by atoms with Crippen molar-refractivity contribution in [2.24, 2.45) is 5.92 Å². The van der Waals surface area contributed by atoms with E-state index in [0.29, 0.717) is 16.6 Å². The summed E-state index contributed by atoms with van der Waals surface area (Å²) in [6.45, 7) is 4.01. The summed E-state index contributed by atoms with van der Waals surface area (Å²) in [7, 11) is 0. The van der Waals surface area contributed by atoms with Crippen LogP contribution in [0, 0.1) is 5.92 Å². The first-order chi connectivity index (χ1) is 13.1. The van der Waals surface area contributed by atoms with Gasteiger partial charge in [0.15, 0.2) is 0 Å². The maximum absolute atomic E-state index is 12.8. The third-order valence-corrected chi connectivity index (χ3v) is 5.36. The van der Waals surface area contributed by atoms with Gasteiger partial charge in [-0.1, -0.05) is 37.2 Å². The van der Waals surface area contributed by atoms with E-state index in [2.05, 4.69) is 20.4 Å². The van der Waals surface area contributed by atoms with Crippen molar-refractivity contribution in [1.29, 1.82) is 0 Å². The van der Waals surface area contributed by atoms with Crippen molar-refractivity contribution < 1.29 is 9.32 Å². The number of aromatic nitrogens is 3. The lowest BCUT2D eigenvalue weighted by Gasteiger charge is -2.17. The Labute approximate surface area is 160 Å². The van der Waals surface area contributed by atoms with Crippen LogP contribution >= 0.6 is 11.3 Å². The molecule has 4 rings (SSSR count). The number of hydrogen-bond acceptors (Lipinski definition) is 6. The molecule has 0 saturated heterocycles. The maximum atomic E-state index is 12.8. The Kier molecular flexibility index (Phi) is 4.68. The first-order valence-electron chi connectivity index (χ1n) is 8.65. The number of amides is 1. The Bertz CT molecular complexity index is 1040. The summed E-state index contributed by atoms with van der Waals surface area (Å²) in [5.74, 6) is 0.827. The number of hydrogen-bond donors (Lipinski definition) is 1. The van der Waals surface area contributed by atoms with Gasteiger partial charge in [-0.3, -0.25) is 9.78 Å². The summed E-state index contributed by atoms with van der Waals surface area (Å²) >= 11 is 1.47. The molecular weight excluding hydrogens is 360 g/mol. The van der Waals surface area contributed by atoms with Gasteiger partial charge in [0.1, 0.15) is 6.04 Å². The van der Waals surface area contributed by atoms with Gasteiger partial charge >= 0.3 is 0 Å². The van der Waals surface area contributed by atoms with Crippen molar-refractivity contribution >= 4 is 27.3 Å². The van der Waals surface area contributed by atoms with Crippen LogP contribution in [-0.4, -0.2) is 21.0 Å². The minimum absolute atomic E-state index is 0.0917. The summed E-state index contributed by atoms with van der Waals surface area (Å²) in [5.41, 5.74) is 0.818. The topological polar surface area (TPSA) is 80.9 Å². The smallest absolute Gasteiger partial charge is 0.262 e. The summed E-state index contributed by atoms with van der Waals surface area (Å²) in [4.78, 5) is 21.9. The zero-order valence-electron chi connectivity index (χ0n) is 14.9. The molecule has 136 valence electrons. The lowest BCUT2D eigenvalue weighted by Crippen LogP contribution is -2.31. The maximum Gasteiger partial charge on any atom is 0.262 e. The van der Waals surface area contributed by atoms with Crippen LogP contribution in [-0.2, 0) is 0 Å². The van der Waals surface area contributed by atoms with Crippen molar-refractivity contribution in [2.45, 2.75) is 19.9 Å². The van der Waals surface area contributed by atoms with Crippen LogP contribution in [0.4, 0.5) is 0 Å². The average molecular weight is 378 g/mol. The SMILES string of the molecule is CC(C)C(NC(=O)c1cc2ccccc2s1)c1nc(-c2ccncc2)no1. The predicted molar refractivity (Wildman–Crippen MR) is 104 cm³/mol. The number of carbonyl (C=O) groups excluding carboxylic acids is 1. The molecule has 0 saturated carbocycles. The van der Waals surface area contributed by atoms with Gasteiger partial charge in [-0.25, -0.2) is 0 Å². The number of rotatable bonds is 5. The molecule has 27 heavy (non-hydrogen) atoms. The Morgan fingerprint density at radius 3 is 2.67 bits per heavy atom. The highest BCUT2D eigenvalue weighted by Crippen LogP contribution is 2.27. The van der Waals surface area contributed by atoms with Gasteiger partial charge in [0.05, 0.1) is 4.88 Å². The van der Waals surface area contributed by atoms with Crippen molar-refractivity contribution in [2.75, 3.05) is 0 Å². The molecule has 3 heterocycles. The molecule has 1 amide bonds. The molecule has 4 aromatic rings. The molecule has 0 fully saturated rings. The lowest BCUT2D eigenvalue weighted by atomic mass is 10.0. The fraction of sp³-hybridized carbons (Fsp3) is 0.200. The van der Waals surface area contributed by atoms with E-state index in [9.17, 15) is 4.79 Å². The highest BCUT2D eigenvalue weighted by Gasteiger charge is 2.26. The molecule has 1 unspecified atom stereocenters. The van der Waals surface area contributed by atoms with E-state index in [4.69, 9.17) is 4.52 Å². The third kappa shape index (κ3) is 3.59. The second kappa shape index (κ2) is 7.28. The standard InChI is InChI=1S/C20H18N4O2S/c1-12(2)17(20-23-18(24-26-20)13-7-9-21-10-8-13)22-19(25)16-11-14-5-3-4-6-15(14)27-16/h3-12,17H,1-2H3,(H,22,25). The van der Waals surface area contributed by atoms with Crippen LogP contribution in [0.5, 0.6) is 0 Å². The molecule has 1 atom stereocenters. The molecule has 0 bridgehead atoms. The summed E-state index contributed by atoms with van der Waals surface area (Å²) < 4.78 is 6.53. The number of fused-ring (bicyclic) bond motifs is 1. The van der Waals surface area contributed by atoms with Crippen LogP contribution < -0.4 is 5.32 Å². The Balaban J connectivity index is 1.58. The second-order valence-corrected chi connectivity index (χ2v) is 7.62. The van der Waals surface area contributed by atoms with Gasteiger partial charge in [0.25, 0.3) is 5.91 Å². The molecule has 3 aromatic heterocycles. The van der Waals surface area contributed by atoms with Crippen molar-refractivity contribution in [3.63, 3.8) is 0 Å². The number of pyridine rings is 1. The van der Waals surface area contributed by atoms with Gasteiger partial charge in [-0.05, 0) is 35.6 Å². The summed E-state index contributed by atoms with van der Waals surface area (Å²) in [5, 5.41) is 8.14. The highest BCUT2D eigenvalue weighted by atomic mass is 32.1. The second-order valence-electron chi connectivity index (χ2n) is 6.54. The van der Waals surface area contributed by atoms with Gasteiger partial charge in [0.2, 0.25) is 11.7 Å². The van der Waals surface area contributed by atoms with E-state index in [1.54, 1.807) is 12.4 Å². The van der Waals surface area contributed by atoms with Gasteiger partial charge in [-0.15, -0.1) is 11.3 Å². The fourth-order valence-electron chi connectivity index (χ4n) is 2.80. The van der Waals surface area contributed by atoms with Crippen LogP contribution in [0.2, 0.25) is 0 Å². The first-order valence-corrected chi connectivity index (χ1v) is 9.47. The normalized spacial score (nSPS) is 12.4. The van der Waals surface area contributed by atoms with E-state index in [1.165, 1.54) is 11.3 Å². The molecule has 6 nitrogen and oxygen atoms in total. The zero-order valence-corrected chi connectivity index (χ0v) is 15.7. The molecule has 0 radical (unpaired) electrons. The van der Waals surface area contributed by atoms with Crippen molar-refractivity contribution in [1.82, 2.24) is 20.4 Å². The summed E-state index contributed by atoms with van der Waals surface area (Å²) in [6.07, 6.45) is 3.35. The summed E-state index contributed by atoms with van der Waals surface area (Å²) in [6, 6.07) is 13.1. The molecule has 0 aliphatic heterocycles. The van der Waals surface area contributed by atoms with Crippen LogP contribution in [0.15, 0.2) is 59.4 Å². The van der Waals surface area contributed by atoms with Gasteiger partial charge in [0, 0.05) is 22.7 Å². The Morgan fingerprint density at radius 2 is 1.93 bits per heavy atom. The van der Waals surface area contributed by atoms with Crippen molar-refractivity contribution in [3.8, 4) is 11.4 Å². The van der Waals surface area contributed by atoms with Crippen LogP contribution in [0.25, 0.3) is 21.5 Å². The molecule has 1 aromatic carbocycles. The number of nitrogens with one attached hydrogen (secondary N) is 1. The fourth-order valence-corrected chi connectivity index (χ4v) is 3.77. The molecule has 0 spiro atoms. The lowest BCUT2D eigenvalue weighted by molar-refractivity contribution is 0.0918. The van der Waals surface area contributed by atoms with Gasteiger partial charge in [-0.2, -0.15) is 4.98 Å². The number of nitrogens with zero attached hydrogens (tertiary/aromatic N) is 3. The predicted octanol–water partition coefficient (Wildman–Crippen LogP) is 4.47. The Hall–Kier alpha value is -3.06. The zero-order chi connectivity index (χ0) is 18.8. The van der Waals surface area contributed by atoms with Gasteiger partial charge < -0.3 is 9.84 Å². The molecule has 1 N–H and O–H groups in total. The van der Waals surface area contributed by atoms with E-state index in [1.807, 2.05) is 56.3 Å². The minimum atomic E-state index is -0.370. The third-order valence-electron chi connectivity index (χ3n) is 4.25. The Morgan fingerprint density at radius 1 is 1.15 bits per heavy atom.